The number of ketones is 1. The number of hydrogen-bond donors (Lipinski definition) is 5. The molecule has 0 radical (unpaired) electrons. The highest BCUT2D eigenvalue weighted by molar-refractivity contribution is 5.88. The van der Waals surface area contributed by atoms with Gasteiger partial charge >= 0.3 is 0 Å². The van der Waals surface area contributed by atoms with Crippen LogP contribution in [-0.2, 0) is 4.79 Å². The minimum Gasteiger partial charge on any atom is -0.394 e. The molecule has 0 aromatic rings. The summed E-state index contributed by atoms with van der Waals surface area (Å²) in [5.41, 5.74) is 0. The molecule has 6 nitrogen and oxygen atoms in total. The number of aliphatic hydroxyl groups excluding tert-OH is 5. The Morgan fingerprint density at radius 3 is 1.93 bits per heavy atom. The van der Waals surface area contributed by atoms with Crippen LogP contribution in [0.25, 0.3) is 0 Å². The molecule has 0 bridgehead atoms. The smallest absolute Gasteiger partial charge is 0.195 e. The zero-order valence-corrected chi connectivity index (χ0v) is 8.58. The lowest BCUT2D eigenvalue weighted by molar-refractivity contribution is -0.148. The average molecular weight is 222 g/mol. The van der Waals surface area contributed by atoms with Crippen molar-refractivity contribution in [3.63, 3.8) is 0 Å². The van der Waals surface area contributed by atoms with Gasteiger partial charge in [0, 0.05) is 0 Å². The second-order valence-corrected chi connectivity index (χ2v) is 3.40. The van der Waals surface area contributed by atoms with Crippen LogP contribution in [0.4, 0.5) is 0 Å². The van der Waals surface area contributed by atoms with Crippen LogP contribution in [0.5, 0.6) is 0 Å². The second-order valence-electron chi connectivity index (χ2n) is 3.40. The minimum absolute atomic E-state index is 0.217. The van der Waals surface area contributed by atoms with Crippen LogP contribution in [0.1, 0.15) is 19.8 Å². The predicted octanol–water partition coefficient (Wildman–Crippen LogP) is -2.21. The van der Waals surface area contributed by atoms with Gasteiger partial charge in [-0.3, -0.25) is 4.79 Å². The highest BCUT2D eigenvalue weighted by atomic mass is 16.4. The second kappa shape index (κ2) is 6.86. The van der Waals surface area contributed by atoms with E-state index < -0.39 is 36.8 Å². The molecule has 4 atom stereocenters. The molecule has 0 heterocycles. The van der Waals surface area contributed by atoms with E-state index in [0.29, 0.717) is 6.42 Å². The first kappa shape index (κ1) is 14.5. The van der Waals surface area contributed by atoms with Crippen LogP contribution in [0, 0.1) is 0 Å². The largest absolute Gasteiger partial charge is 0.394 e. The Balaban J connectivity index is 4.30. The fourth-order valence-corrected chi connectivity index (χ4v) is 1.11. The monoisotopic (exact) mass is 222 g/mol. The van der Waals surface area contributed by atoms with E-state index in [1.807, 2.05) is 0 Å². The summed E-state index contributed by atoms with van der Waals surface area (Å²) >= 11 is 0. The predicted molar refractivity (Wildman–Crippen MR) is 51.0 cm³/mol. The summed E-state index contributed by atoms with van der Waals surface area (Å²) < 4.78 is 0. The summed E-state index contributed by atoms with van der Waals surface area (Å²) in [6.45, 7) is 0.975. The molecule has 1 unspecified atom stereocenters. The number of aliphatic hydroxyl groups is 5. The molecule has 6 heteroatoms. The van der Waals surface area contributed by atoms with Gasteiger partial charge in [-0.05, 0) is 6.42 Å². The Morgan fingerprint density at radius 2 is 1.53 bits per heavy atom. The summed E-state index contributed by atoms with van der Waals surface area (Å²) in [6, 6.07) is 0. The zero-order chi connectivity index (χ0) is 12.0. The maximum absolute atomic E-state index is 11.2. The third-order valence-electron chi connectivity index (χ3n) is 2.08. The Labute approximate surface area is 87.8 Å². The standard InChI is InChI=1S/C9H18O6/c1-2-3-5(11)7(13)9(15)8(14)6(12)4-10/h5-8,10-14H,2-4H2,1H3/t5?,6-,7-,8-/m1/s1. The lowest BCUT2D eigenvalue weighted by atomic mass is 9.99. The van der Waals surface area contributed by atoms with Gasteiger partial charge in [-0.15, -0.1) is 0 Å². The van der Waals surface area contributed by atoms with Gasteiger partial charge in [0.15, 0.2) is 5.78 Å². The van der Waals surface area contributed by atoms with Crippen molar-refractivity contribution in [1.82, 2.24) is 0 Å². The van der Waals surface area contributed by atoms with Crippen LogP contribution in [0.2, 0.25) is 0 Å². The van der Waals surface area contributed by atoms with Crippen LogP contribution in [0.15, 0.2) is 0 Å². The summed E-state index contributed by atoms with van der Waals surface area (Å²) in [5.74, 6) is -1.09. The lowest BCUT2D eigenvalue weighted by Gasteiger charge is -2.21. The fraction of sp³-hybridized carbons (Fsp3) is 0.889. The molecule has 90 valence electrons. The molecule has 0 saturated heterocycles. The highest BCUT2D eigenvalue weighted by Crippen LogP contribution is 2.07. The highest BCUT2D eigenvalue weighted by Gasteiger charge is 2.32. The SMILES string of the molecule is CCCC(O)[C@@H](O)C(=O)[C@H](O)[C@H](O)CO. The van der Waals surface area contributed by atoms with E-state index >= 15 is 0 Å². The Hall–Kier alpha value is -0.530. The molecular weight excluding hydrogens is 204 g/mol. The fourth-order valence-electron chi connectivity index (χ4n) is 1.11. The average Bonchev–Trinajstić information content (AvgIpc) is 2.25. The molecule has 0 aliphatic heterocycles. The van der Waals surface area contributed by atoms with Crippen molar-refractivity contribution in [3.05, 3.63) is 0 Å². The summed E-state index contributed by atoms with van der Waals surface area (Å²) in [5, 5.41) is 45.1. The first-order chi connectivity index (χ1) is 6.95. The third kappa shape index (κ3) is 4.23. The van der Waals surface area contributed by atoms with Gasteiger partial charge in [-0.25, -0.2) is 0 Å². The van der Waals surface area contributed by atoms with E-state index in [1.54, 1.807) is 6.92 Å². The Kier molecular flexibility index (Phi) is 6.62. The summed E-state index contributed by atoms with van der Waals surface area (Å²) in [6.07, 6.45) is -5.72. The van der Waals surface area contributed by atoms with Crippen molar-refractivity contribution < 1.29 is 30.3 Å². The Morgan fingerprint density at radius 1 is 1.07 bits per heavy atom. The molecule has 0 amide bonds. The molecule has 0 fully saturated rings. The molecule has 0 rings (SSSR count). The van der Waals surface area contributed by atoms with Crippen molar-refractivity contribution in [2.75, 3.05) is 6.61 Å². The van der Waals surface area contributed by atoms with E-state index in [-0.39, 0.29) is 6.42 Å². The van der Waals surface area contributed by atoms with Crippen LogP contribution < -0.4 is 0 Å². The summed E-state index contributed by atoms with van der Waals surface area (Å²) in [7, 11) is 0. The van der Waals surface area contributed by atoms with Crippen LogP contribution >= 0.6 is 0 Å². The van der Waals surface area contributed by atoms with E-state index in [9.17, 15) is 15.0 Å². The maximum Gasteiger partial charge on any atom is 0.195 e. The van der Waals surface area contributed by atoms with Gasteiger partial charge in [-0.1, -0.05) is 13.3 Å². The number of carbonyl (C=O) groups excluding carboxylic acids is 1. The van der Waals surface area contributed by atoms with Gasteiger partial charge in [-0.2, -0.15) is 0 Å². The molecule has 5 N–H and O–H groups in total. The number of Topliss-reactive ketones (excluding diaryl/α,β-unsaturated/α-hetero) is 1. The van der Waals surface area contributed by atoms with Gasteiger partial charge in [0.25, 0.3) is 0 Å². The van der Waals surface area contributed by atoms with Gasteiger partial charge in [0.1, 0.15) is 18.3 Å². The normalized spacial score (nSPS) is 19.3. The molecule has 0 aromatic heterocycles. The molecule has 0 saturated carbocycles. The summed E-state index contributed by atoms with van der Waals surface area (Å²) in [4.78, 5) is 11.2. The van der Waals surface area contributed by atoms with Crippen LogP contribution in [0.3, 0.4) is 0 Å². The van der Waals surface area contributed by atoms with E-state index in [2.05, 4.69) is 0 Å². The van der Waals surface area contributed by atoms with E-state index in [0.717, 1.165) is 0 Å². The number of hydrogen-bond acceptors (Lipinski definition) is 6. The van der Waals surface area contributed by atoms with Gasteiger partial charge in [0.05, 0.1) is 12.7 Å². The van der Waals surface area contributed by atoms with Crippen molar-refractivity contribution in [2.24, 2.45) is 0 Å². The van der Waals surface area contributed by atoms with E-state index in [4.69, 9.17) is 15.3 Å². The molecule has 0 aliphatic carbocycles. The third-order valence-corrected chi connectivity index (χ3v) is 2.08. The van der Waals surface area contributed by atoms with Gasteiger partial charge < -0.3 is 25.5 Å². The molecular formula is C9H18O6. The topological polar surface area (TPSA) is 118 Å². The lowest BCUT2D eigenvalue weighted by Crippen LogP contribution is -2.46. The maximum atomic E-state index is 11.2. The Bertz CT molecular complexity index is 195. The van der Waals surface area contributed by atoms with E-state index in [1.165, 1.54) is 0 Å². The number of rotatable bonds is 7. The number of carbonyl (C=O) groups is 1. The first-order valence-corrected chi connectivity index (χ1v) is 4.82. The molecule has 0 aliphatic rings. The molecule has 0 aromatic carbocycles. The first-order valence-electron chi connectivity index (χ1n) is 4.82. The van der Waals surface area contributed by atoms with Gasteiger partial charge in [0.2, 0.25) is 0 Å². The zero-order valence-electron chi connectivity index (χ0n) is 8.58. The minimum atomic E-state index is -1.88. The quantitative estimate of drug-likeness (QED) is 0.333. The van der Waals surface area contributed by atoms with Crippen molar-refractivity contribution in [3.8, 4) is 0 Å². The van der Waals surface area contributed by atoms with Crippen LogP contribution in [-0.4, -0.2) is 62.3 Å². The molecule has 15 heavy (non-hydrogen) atoms. The van der Waals surface area contributed by atoms with Crippen molar-refractivity contribution in [1.29, 1.82) is 0 Å². The van der Waals surface area contributed by atoms with Crippen molar-refractivity contribution in [2.45, 2.75) is 44.2 Å². The molecule has 0 spiro atoms. The van der Waals surface area contributed by atoms with Crippen molar-refractivity contribution >= 4 is 5.78 Å².